The molecule has 36 heavy (non-hydrogen) atoms. The van der Waals surface area contributed by atoms with Crippen LogP contribution in [0.15, 0.2) is 65.5 Å². The second-order valence-electron chi connectivity index (χ2n) is 9.72. The van der Waals surface area contributed by atoms with Crippen LogP contribution in [0.2, 0.25) is 0 Å². The number of amides is 1. The Kier molecular flexibility index (Phi) is 7.28. The minimum absolute atomic E-state index is 0.0488. The fraction of sp³-hybridized carbons (Fsp3) is 0.414. The van der Waals surface area contributed by atoms with Gasteiger partial charge in [-0.25, -0.2) is 4.98 Å². The van der Waals surface area contributed by atoms with Crippen LogP contribution in [0.5, 0.6) is 0 Å². The summed E-state index contributed by atoms with van der Waals surface area (Å²) >= 11 is 0. The number of halogens is 1. The van der Waals surface area contributed by atoms with E-state index in [1.165, 1.54) is 0 Å². The van der Waals surface area contributed by atoms with Gasteiger partial charge in [0.2, 0.25) is 5.91 Å². The molecule has 1 amide bonds. The highest BCUT2D eigenvalue weighted by atomic mass is 19.1. The number of benzene rings is 2. The number of hydrogen-bond acceptors (Lipinski definition) is 4. The number of carbonyl (C=O) groups is 1. The van der Waals surface area contributed by atoms with Gasteiger partial charge < -0.3 is 9.64 Å². The molecule has 2 unspecified atom stereocenters. The van der Waals surface area contributed by atoms with Gasteiger partial charge in [0, 0.05) is 18.7 Å². The third kappa shape index (κ3) is 4.85. The van der Waals surface area contributed by atoms with Crippen LogP contribution in [0.25, 0.3) is 0 Å². The maximum Gasteiger partial charge on any atom is 0.257 e. The molecule has 0 spiro atoms. The highest BCUT2D eigenvalue weighted by Gasteiger charge is 2.33. The lowest BCUT2D eigenvalue weighted by atomic mass is 9.96. The Morgan fingerprint density at radius 3 is 2.36 bits per heavy atom. The zero-order valence-electron chi connectivity index (χ0n) is 20.6. The number of carbonyl (C=O) groups excluding carboxylic acids is 1. The molecule has 7 heteroatoms. The number of rotatable bonds is 7. The molecule has 2 aromatic carbocycles. The Morgan fingerprint density at radius 1 is 1.11 bits per heavy atom. The van der Waals surface area contributed by atoms with E-state index in [0.717, 1.165) is 24.0 Å². The number of aryl methyl sites for hydroxylation is 1. The summed E-state index contributed by atoms with van der Waals surface area (Å²) in [6.07, 6.45) is 2.59. The molecular formula is C29H32FN3O3. The van der Waals surface area contributed by atoms with E-state index in [2.05, 4.69) is 0 Å². The average molecular weight is 490 g/mol. The van der Waals surface area contributed by atoms with Crippen molar-refractivity contribution in [2.45, 2.75) is 51.3 Å². The van der Waals surface area contributed by atoms with Gasteiger partial charge in [-0.15, -0.1) is 0 Å². The third-order valence-corrected chi connectivity index (χ3v) is 7.35. The summed E-state index contributed by atoms with van der Waals surface area (Å²) in [7, 11) is 0. The summed E-state index contributed by atoms with van der Waals surface area (Å²) in [5.74, 6) is -0.336. The summed E-state index contributed by atoms with van der Waals surface area (Å²) in [6, 6.07) is 19.6. The molecule has 0 saturated carbocycles. The molecule has 2 aliphatic rings. The average Bonchev–Trinajstić information content (AvgIpc) is 3.43. The van der Waals surface area contributed by atoms with Crippen LogP contribution < -0.4 is 5.56 Å². The SMILES string of the molecule is Cc1nc2c(c(=O)n1C(c1ccccc1)c1ccccc1)CCN(C(=O)C(CF)CC1CCCO1)C2. The zero-order valence-corrected chi connectivity index (χ0v) is 20.6. The molecule has 0 N–H and O–H groups in total. The lowest BCUT2D eigenvalue weighted by molar-refractivity contribution is -0.138. The maximum atomic E-state index is 13.9. The molecule has 0 bridgehead atoms. The van der Waals surface area contributed by atoms with Gasteiger partial charge in [-0.2, -0.15) is 0 Å². The van der Waals surface area contributed by atoms with Gasteiger partial charge in [0.25, 0.3) is 5.56 Å². The van der Waals surface area contributed by atoms with Gasteiger partial charge in [-0.05, 0) is 43.7 Å². The predicted octanol–water partition coefficient (Wildman–Crippen LogP) is 4.23. The van der Waals surface area contributed by atoms with E-state index in [4.69, 9.17) is 9.72 Å². The summed E-state index contributed by atoms with van der Waals surface area (Å²) in [5, 5.41) is 0. The molecule has 3 heterocycles. The van der Waals surface area contributed by atoms with Crippen molar-refractivity contribution in [3.8, 4) is 0 Å². The van der Waals surface area contributed by atoms with Gasteiger partial charge in [-0.3, -0.25) is 18.5 Å². The monoisotopic (exact) mass is 489 g/mol. The van der Waals surface area contributed by atoms with E-state index >= 15 is 0 Å². The lowest BCUT2D eigenvalue weighted by Gasteiger charge is -2.32. The number of alkyl halides is 1. The predicted molar refractivity (Wildman–Crippen MR) is 136 cm³/mol. The van der Waals surface area contributed by atoms with Crippen LogP contribution in [0.3, 0.4) is 0 Å². The van der Waals surface area contributed by atoms with Crippen molar-refractivity contribution in [2.75, 3.05) is 19.8 Å². The topological polar surface area (TPSA) is 64.4 Å². The molecule has 6 nitrogen and oxygen atoms in total. The molecule has 2 atom stereocenters. The van der Waals surface area contributed by atoms with Crippen LogP contribution in [-0.2, 0) is 22.5 Å². The Balaban J connectivity index is 1.45. The summed E-state index contributed by atoms with van der Waals surface area (Å²) in [5.41, 5.74) is 3.18. The molecule has 1 saturated heterocycles. The van der Waals surface area contributed by atoms with E-state index in [1.807, 2.05) is 67.6 Å². The Labute approximate surface area is 210 Å². The summed E-state index contributed by atoms with van der Waals surface area (Å²) in [6.45, 7) is 2.43. The maximum absolute atomic E-state index is 13.9. The largest absolute Gasteiger partial charge is 0.378 e. The second kappa shape index (κ2) is 10.7. The first kappa shape index (κ1) is 24.4. The van der Waals surface area contributed by atoms with Crippen LogP contribution in [0.1, 0.15) is 53.5 Å². The van der Waals surface area contributed by atoms with Gasteiger partial charge in [0.15, 0.2) is 0 Å². The van der Waals surface area contributed by atoms with Crippen LogP contribution >= 0.6 is 0 Å². The quantitative estimate of drug-likeness (QED) is 0.498. The number of fused-ring (bicyclic) bond motifs is 1. The van der Waals surface area contributed by atoms with E-state index in [1.54, 1.807) is 9.47 Å². The third-order valence-electron chi connectivity index (χ3n) is 7.35. The van der Waals surface area contributed by atoms with Crippen molar-refractivity contribution in [3.63, 3.8) is 0 Å². The molecule has 0 radical (unpaired) electrons. The number of aromatic nitrogens is 2. The smallest absolute Gasteiger partial charge is 0.257 e. The fourth-order valence-electron chi connectivity index (χ4n) is 5.51. The van der Waals surface area contributed by atoms with Gasteiger partial charge in [0.05, 0.1) is 30.3 Å². The van der Waals surface area contributed by atoms with Crippen molar-refractivity contribution >= 4 is 5.91 Å². The highest BCUT2D eigenvalue weighted by molar-refractivity contribution is 5.79. The van der Waals surface area contributed by atoms with Gasteiger partial charge >= 0.3 is 0 Å². The van der Waals surface area contributed by atoms with Crippen LogP contribution in [-0.4, -0.2) is 46.3 Å². The Bertz CT molecular complexity index is 1220. The van der Waals surface area contributed by atoms with E-state index in [9.17, 15) is 14.0 Å². The molecular weight excluding hydrogens is 457 g/mol. The first-order valence-electron chi connectivity index (χ1n) is 12.7. The number of ether oxygens (including phenoxy) is 1. The van der Waals surface area contributed by atoms with Crippen molar-refractivity contribution < 1.29 is 13.9 Å². The molecule has 0 aliphatic carbocycles. The normalized spacial score (nSPS) is 18.3. The minimum atomic E-state index is -0.711. The lowest BCUT2D eigenvalue weighted by Crippen LogP contribution is -2.44. The van der Waals surface area contributed by atoms with Crippen molar-refractivity contribution in [1.29, 1.82) is 0 Å². The standard InChI is InChI=1S/C29H32FN3O3/c1-20-31-26-19-32(28(34)23(18-30)17-24-13-8-16-36-24)15-14-25(26)29(35)33(20)27(21-9-4-2-5-10-21)22-11-6-3-7-12-22/h2-7,9-12,23-24,27H,8,13-19H2,1H3. The van der Waals surface area contributed by atoms with Gasteiger partial charge in [-0.1, -0.05) is 60.7 Å². The van der Waals surface area contributed by atoms with Crippen LogP contribution in [0, 0.1) is 12.8 Å². The van der Waals surface area contributed by atoms with E-state index < -0.39 is 12.6 Å². The molecule has 1 fully saturated rings. The molecule has 2 aliphatic heterocycles. The van der Waals surface area contributed by atoms with E-state index in [0.29, 0.717) is 43.1 Å². The zero-order chi connectivity index (χ0) is 25.1. The van der Waals surface area contributed by atoms with Gasteiger partial charge in [0.1, 0.15) is 12.5 Å². The number of hydrogen-bond donors (Lipinski definition) is 0. The molecule has 3 aromatic rings. The summed E-state index contributed by atoms with van der Waals surface area (Å²) < 4.78 is 21.2. The Hall–Kier alpha value is -3.32. The first-order valence-corrected chi connectivity index (χ1v) is 12.7. The van der Waals surface area contributed by atoms with Crippen molar-refractivity contribution in [3.05, 3.63) is 99.2 Å². The van der Waals surface area contributed by atoms with Crippen molar-refractivity contribution in [1.82, 2.24) is 14.5 Å². The van der Waals surface area contributed by atoms with Crippen LogP contribution in [0.4, 0.5) is 4.39 Å². The van der Waals surface area contributed by atoms with E-state index in [-0.39, 0.29) is 30.2 Å². The second-order valence-corrected chi connectivity index (χ2v) is 9.72. The first-order chi connectivity index (χ1) is 17.6. The molecule has 188 valence electrons. The fourth-order valence-corrected chi connectivity index (χ4v) is 5.51. The molecule has 1 aromatic heterocycles. The van der Waals surface area contributed by atoms with Crippen molar-refractivity contribution in [2.24, 2.45) is 5.92 Å². The minimum Gasteiger partial charge on any atom is -0.378 e. The molecule has 5 rings (SSSR count). The summed E-state index contributed by atoms with van der Waals surface area (Å²) in [4.78, 5) is 33.5. The Morgan fingerprint density at radius 2 is 1.78 bits per heavy atom. The number of nitrogens with zero attached hydrogens (tertiary/aromatic N) is 3. The highest BCUT2D eigenvalue weighted by Crippen LogP contribution is 2.28.